The van der Waals surface area contributed by atoms with Crippen LogP contribution in [0, 0.1) is 5.92 Å². The summed E-state index contributed by atoms with van der Waals surface area (Å²) < 4.78 is 2.23. The summed E-state index contributed by atoms with van der Waals surface area (Å²) >= 11 is 0. The maximum Gasteiger partial charge on any atom is 0.227 e. The minimum Gasteiger partial charge on any atom is -0.340 e. The smallest absolute Gasteiger partial charge is 0.227 e. The first-order valence-electron chi connectivity index (χ1n) is 9.15. The van der Waals surface area contributed by atoms with Crippen LogP contribution < -0.4 is 10.2 Å². The zero-order valence-electron chi connectivity index (χ0n) is 14.8. The number of hydrogen-bond donors (Lipinski definition) is 1. The number of carbonyl (C=O) groups is 1. The molecule has 1 aromatic carbocycles. The Hall–Kier alpha value is -2.89. The SMILES string of the molecule is CN1C(=O)CCc2cc(Nc3cc4c(cn3)ncn4CC3CC3)ccc21. The van der Waals surface area contributed by atoms with Crippen molar-refractivity contribution in [2.75, 3.05) is 17.3 Å². The molecule has 0 spiro atoms. The van der Waals surface area contributed by atoms with E-state index in [9.17, 15) is 4.79 Å². The van der Waals surface area contributed by atoms with E-state index in [1.54, 1.807) is 4.90 Å². The number of fused-ring (bicyclic) bond motifs is 2. The van der Waals surface area contributed by atoms with Crippen LogP contribution in [0.15, 0.2) is 36.8 Å². The molecule has 0 atom stereocenters. The van der Waals surface area contributed by atoms with Gasteiger partial charge in [-0.05, 0) is 48.9 Å². The third-order valence-corrected chi connectivity index (χ3v) is 5.35. The van der Waals surface area contributed by atoms with Crippen LogP contribution in [0.5, 0.6) is 0 Å². The molecule has 6 heteroatoms. The van der Waals surface area contributed by atoms with Gasteiger partial charge in [0.1, 0.15) is 11.3 Å². The van der Waals surface area contributed by atoms with Gasteiger partial charge >= 0.3 is 0 Å². The normalized spacial score (nSPS) is 16.8. The number of pyridine rings is 1. The maximum absolute atomic E-state index is 11.8. The Bertz CT molecular complexity index is 1000. The number of benzene rings is 1. The van der Waals surface area contributed by atoms with Crippen molar-refractivity contribution in [3.63, 3.8) is 0 Å². The van der Waals surface area contributed by atoms with E-state index in [4.69, 9.17) is 0 Å². The molecule has 2 aliphatic rings. The largest absolute Gasteiger partial charge is 0.340 e. The number of nitrogens with one attached hydrogen (secondary N) is 1. The predicted molar refractivity (Wildman–Crippen MR) is 102 cm³/mol. The quantitative estimate of drug-likeness (QED) is 0.785. The molecule has 1 saturated carbocycles. The van der Waals surface area contributed by atoms with Gasteiger partial charge in [-0.25, -0.2) is 9.97 Å². The first-order chi connectivity index (χ1) is 12.7. The van der Waals surface area contributed by atoms with Crippen LogP contribution in [0.1, 0.15) is 24.8 Å². The lowest BCUT2D eigenvalue weighted by molar-refractivity contribution is -0.118. The number of amides is 1. The van der Waals surface area contributed by atoms with Gasteiger partial charge in [0.05, 0.1) is 18.0 Å². The molecule has 1 amide bonds. The Kier molecular flexibility index (Phi) is 3.45. The van der Waals surface area contributed by atoms with Gasteiger partial charge in [-0.3, -0.25) is 4.79 Å². The molecule has 0 bridgehead atoms. The van der Waals surface area contributed by atoms with Gasteiger partial charge in [0.2, 0.25) is 5.91 Å². The van der Waals surface area contributed by atoms with Gasteiger partial charge in [0.15, 0.2) is 0 Å². The van der Waals surface area contributed by atoms with E-state index in [1.807, 2.05) is 31.7 Å². The average Bonchev–Trinajstić information content (AvgIpc) is 3.38. The number of imidazole rings is 1. The summed E-state index contributed by atoms with van der Waals surface area (Å²) in [5.74, 6) is 1.79. The molecule has 3 aromatic rings. The molecular weight excluding hydrogens is 326 g/mol. The van der Waals surface area contributed by atoms with Crippen LogP contribution in [0.25, 0.3) is 11.0 Å². The van der Waals surface area contributed by atoms with Crippen molar-refractivity contribution in [2.45, 2.75) is 32.2 Å². The van der Waals surface area contributed by atoms with E-state index >= 15 is 0 Å². The molecule has 1 N–H and O–H groups in total. The number of rotatable bonds is 4. The van der Waals surface area contributed by atoms with Crippen LogP contribution in [0.3, 0.4) is 0 Å². The molecule has 3 heterocycles. The third kappa shape index (κ3) is 2.71. The predicted octanol–water partition coefficient (Wildman–Crippen LogP) is 3.49. The number of anilines is 3. The van der Waals surface area contributed by atoms with Crippen molar-refractivity contribution in [3.8, 4) is 0 Å². The van der Waals surface area contributed by atoms with Crippen molar-refractivity contribution < 1.29 is 4.79 Å². The number of nitrogens with zero attached hydrogens (tertiary/aromatic N) is 4. The average molecular weight is 347 g/mol. The van der Waals surface area contributed by atoms with Crippen molar-refractivity contribution >= 4 is 34.1 Å². The molecule has 132 valence electrons. The van der Waals surface area contributed by atoms with E-state index in [2.05, 4.69) is 32.0 Å². The molecule has 26 heavy (non-hydrogen) atoms. The number of hydrogen-bond acceptors (Lipinski definition) is 4. The molecule has 0 unspecified atom stereocenters. The van der Waals surface area contributed by atoms with E-state index in [0.29, 0.717) is 6.42 Å². The first-order valence-corrected chi connectivity index (χ1v) is 9.15. The number of aryl methyl sites for hydroxylation is 1. The van der Waals surface area contributed by atoms with Crippen molar-refractivity contribution in [1.82, 2.24) is 14.5 Å². The molecule has 0 radical (unpaired) electrons. The molecule has 1 fully saturated rings. The van der Waals surface area contributed by atoms with Gasteiger partial charge < -0.3 is 14.8 Å². The summed E-state index contributed by atoms with van der Waals surface area (Å²) in [4.78, 5) is 22.5. The zero-order valence-corrected chi connectivity index (χ0v) is 14.8. The minimum atomic E-state index is 0.175. The highest BCUT2D eigenvalue weighted by Gasteiger charge is 2.23. The fourth-order valence-corrected chi connectivity index (χ4v) is 3.64. The first kappa shape index (κ1) is 15.4. The molecule has 2 aromatic heterocycles. The number of aromatic nitrogens is 3. The van der Waals surface area contributed by atoms with Crippen molar-refractivity contribution in [1.29, 1.82) is 0 Å². The van der Waals surface area contributed by atoms with Crippen molar-refractivity contribution in [2.24, 2.45) is 5.92 Å². The summed E-state index contributed by atoms with van der Waals surface area (Å²) in [5, 5.41) is 3.40. The molecule has 6 nitrogen and oxygen atoms in total. The summed E-state index contributed by atoms with van der Waals surface area (Å²) in [7, 11) is 1.84. The van der Waals surface area contributed by atoms with E-state index in [-0.39, 0.29) is 5.91 Å². The minimum absolute atomic E-state index is 0.175. The van der Waals surface area contributed by atoms with E-state index in [1.165, 1.54) is 18.4 Å². The maximum atomic E-state index is 11.8. The van der Waals surface area contributed by atoms with Gasteiger partial charge in [-0.15, -0.1) is 0 Å². The van der Waals surface area contributed by atoms with Crippen LogP contribution in [0.2, 0.25) is 0 Å². The second kappa shape index (κ2) is 5.83. The van der Waals surface area contributed by atoms with E-state index < -0.39 is 0 Å². The van der Waals surface area contributed by atoms with Crippen LogP contribution in [-0.4, -0.2) is 27.5 Å². The summed E-state index contributed by atoms with van der Waals surface area (Å²) in [6.45, 7) is 1.04. The molecule has 1 aliphatic heterocycles. The highest BCUT2D eigenvalue weighted by atomic mass is 16.2. The summed E-state index contributed by atoms with van der Waals surface area (Å²) in [6.07, 6.45) is 7.74. The van der Waals surface area contributed by atoms with E-state index in [0.717, 1.165) is 47.1 Å². The van der Waals surface area contributed by atoms with Crippen LogP contribution >= 0.6 is 0 Å². The Labute approximate surface area is 151 Å². The standard InChI is InChI=1S/C20H21N5O/c1-24-17-6-5-15(8-14(17)4-7-20(24)26)23-19-9-18-16(10-21-19)22-12-25(18)11-13-2-3-13/h5-6,8-10,12-13H,2-4,7,11H2,1H3,(H,21,23). The monoisotopic (exact) mass is 347 g/mol. The zero-order chi connectivity index (χ0) is 17.7. The third-order valence-electron chi connectivity index (χ3n) is 5.35. The summed E-state index contributed by atoms with van der Waals surface area (Å²) in [5.41, 5.74) is 5.24. The van der Waals surface area contributed by atoms with Crippen LogP contribution in [-0.2, 0) is 17.8 Å². The highest BCUT2D eigenvalue weighted by Crippen LogP contribution is 2.33. The van der Waals surface area contributed by atoms with Crippen LogP contribution in [0.4, 0.5) is 17.2 Å². The van der Waals surface area contributed by atoms with Crippen molar-refractivity contribution in [3.05, 3.63) is 42.4 Å². The van der Waals surface area contributed by atoms with Gasteiger partial charge in [-0.2, -0.15) is 0 Å². The second-order valence-electron chi connectivity index (χ2n) is 7.32. The second-order valence-corrected chi connectivity index (χ2v) is 7.32. The molecule has 1 aliphatic carbocycles. The molecular formula is C20H21N5O. The van der Waals surface area contributed by atoms with Gasteiger partial charge in [0, 0.05) is 37.5 Å². The lowest BCUT2D eigenvalue weighted by atomic mass is 10.0. The Morgan fingerprint density at radius 3 is 2.92 bits per heavy atom. The highest BCUT2D eigenvalue weighted by molar-refractivity contribution is 5.96. The molecule has 0 saturated heterocycles. The topological polar surface area (TPSA) is 63.1 Å². The lowest BCUT2D eigenvalue weighted by Gasteiger charge is -2.26. The fraction of sp³-hybridized carbons (Fsp3) is 0.350. The Morgan fingerprint density at radius 2 is 2.08 bits per heavy atom. The Morgan fingerprint density at radius 1 is 1.19 bits per heavy atom. The summed E-state index contributed by atoms with van der Waals surface area (Å²) in [6, 6.07) is 8.19. The van der Waals surface area contributed by atoms with Gasteiger partial charge in [0.25, 0.3) is 0 Å². The lowest BCUT2D eigenvalue weighted by Crippen LogP contribution is -2.31. The fourth-order valence-electron chi connectivity index (χ4n) is 3.64. The number of carbonyl (C=O) groups excluding carboxylic acids is 1. The molecule has 5 rings (SSSR count). The Balaban J connectivity index is 1.43. The van der Waals surface area contributed by atoms with Gasteiger partial charge in [-0.1, -0.05) is 0 Å².